The van der Waals surface area contributed by atoms with Crippen molar-refractivity contribution < 1.29 is 0 Å². The molecule has 1 radical (unpaired) electrons. The Morgan fingerprint density at radius 1 is 0.667 bits per heavy atom. The molecule has 0 aliphatic carbocycles. The molecule has 85 valence electrons. The largest absolute Gasteiger partial charge is 0.156 e. The van der Waals surface area contributed by atoms with Gasteiger partial charge in [-0.2, -0.15) is 0 Å². The van der Waals surface area contributed by atoms with Crippen LogP contribution in [0.3, 0.4) is 0 Å². The molecule has 0 nitrogen and oxygen atoms in total. The summed E-state index contributed by atoms with van der Waals surface area (Å²) in [6.45, 7) is 0. The topological polar surface area (TPSA) is 0 Å². The number of benzene rings is 3. The summed E-state index contributed by atoms with van der Waals surface area (Å²) >= 11 is 0. The van der Waals surface area contributed by atoms with Crippen LogP contribution in [-0.4, -0.2) is 7.28 Å². The summed E-state index contributed by atoms with van der Waals surface area (Å²) in [5.41, 5.74) is 2.64. The molecular formula is C17H14B. The van der Waals surface area contributed by atoms with Gasteiger partial charge in [-0.05, 0) is 17.1 Å². The molecule has 3 aromatic rings. The number of rotatable bonds is 3. The van der Waals surface area contributed by atoms with E-state index in [1.807, 2.05) is 6.07 Å². The van der Waals surface area contributed by atoms with Gasteiger partial charge in [0.25, 0.3) is 0 Å². The maximum Gasteiger partial charge on any atom is 0.156 e. The zero-order valence-corrected chi connectivity index (χ0v) is 10.2. The lowest BCUT2D eigenvalue weighted by Crippen LogP contribution is -2.15. The molecule has 0 spiro atoms. The molecule has 0 unspecified atom stereocenters. The summed E-state index contributed by atoms with van der Waals surface area (Å²) in [4.78, 5) is 0. The molecule has 0 amide bonds. The van der Waals surface area contributed by atoms with Crippen LogP contribution in [0.1, 0.15) is 5.56 Å². The Labute approximate surface area is 109 Å². The lowest BCUT2D eigenvalue weighted by atomic mass is 9.65. The zero-order valence-electron chi connectivity index (χ0n) is 10.2. The zero-order chi connectivity index (χ0) is 12.2. The minimum absolute atomic E-state index is 0.981. The van der Waals surface area contributed by atoms with Gasteiger partial charge in [-0.15, -0.1) is 0 Å². The van der Waals surface area contributed by atoms with Crippen molar-refractivity contribution in [1.82, 2.24) is 0 Å². The minimum atomic E-state index is 0.981. The van der Waals surface area contributed by atoms with Gasteiger partial charge >= 0.3 is 0 Å². The van der Waals surface area contributed by atoms with Crippen LogP contribution < -0.4 is 5.46 Å². The van der Waals surface area contributed by atoms with Gasteiger partial charge in [0, 0.05) is 0 Å². The predicted molar refractivity (Wildman–Crippen MR) is 79.5 cm³/mol. The normalized spacial score (nSPS) is 10.4. The first kappa shape index (κ1) is 11.1. The molecule has 0 saturated heterocycles. The number of hydrogen-bond acceptors (Lipinski definition) is 0. The van der Waals surface area contributed by atoms with Crippen LogP contribution in [0.5, 0.6) is 0 Å². The molecule has 0 N–H and O–H groups in total. The molecule has 1 heteroatoms. The lowest BCUT2D eigenvalue weighted by molar-refractivity contribution is 1.41. The van der Waals surface area contributed by atoms with E-state index in [-0.39, 0.29) is 0 Å². The van der Waals surface area contributed by atoms with Crippen LogP contribution in [0, 0.1) is 0 Å². The molecule has 3 aromatic carbocycles. The van der Waals surface area contributed by atoms with Gasteiger partial charge in [0.05, 0.1) is 0 Å². The molecule has 0 aromatic heterocycles. The second kappa shape index (κ2) is 5.09. The van der Waals surface area contributed by atoms with Gasteiger partial charge in [-0.3, -0.25) is 0 Å². The fourth-order valence-electron chi connectivity index (χ4n) is 2.19. The van der Waals surface area contributed by atoms with Gasteiger partial charge < -0.3 is 0 Å². The maximum atomic E-state index is 2.27. The third-order valence-corrected chi connectivity index (χ3v) is 3.19. The molecular weight excluding hydrogens is 215 g/mol. The average molecular weight is 229 g/mol. The Morgan fingerprint density at radius 3 is 2.22 bits per heavy atom. The van der Waals surface area contributed by atoms with E-state index in [0.29, 0.717) is 0 Å². The van der Waals surface area contributed by atoms with Crippen molar-refractivity contribution in [2.75, 3.05) is 0 Å². The monoisotopic (exact) mass is 229 g/mol. The van der Waals surface area contributed by atoms with Crippen molar-refractivity contribution in [3.05, 3.63) is 78.4 Å². The first-order valence-corrected chi connectivity index (χ1v) is 6.28. The number of hydrogen-bond donors (Lipinski definition) is 0. The van der Waals surface area contributed by atoms with Gasteiger partial charge in [0.15, 0.2) is 7.28 Å². The summed E-state index contributed by atoms with van der Waals surface area (Å²) in [6.07, 6.45) is 0.981. The Bertz CT molecular complexity index is 644. The lowest BCUT2D eigenvalue weighted by Gasteiger charge is -2.03. The van der Waals surface area contributed by atoms with Gasteiger partial charge in [-0.25, -0.2) is 0 Å². The second-order valence-electron chi connectivity index (χ2n) is 4.50. The fraction of sp³-hybridized carbons (Fsp3) is 0.0588. The fourth-order valence-corrected chi connectivity index (χ4v) is 2.19. The second-order valence-corrected chi connectivity index (χ2v) is 4.50. The van der Waals surface area contributed by atoms with Gasteiger partial charge in [0.1, 0.15) is 0 Å². The Kier molecular flexibility index (Phi) is 3.14. The summed E-state index contributed by atoms with van der Waals surface area (Å²) in [6, 6.07) is 25.7. The Hall–Kier alpha value is -2.02. The van der Waals surface area contributed by atoms with E-state index < -0.39 is 0 Å². The molecule has 0 saturated carbocycles. The van der Waals surface area contributed by atoms with E-state index in [1.165, 1.54) is 21.8 Å². The number of fused-ring (bicyclic) bond motifs is 1. The molecule has 0 heterocycles. The third kappa shape index (κ3) is 2.46. The molecule has 0 aliphatic heterocycles. The SMILES string of the molecule is [B](Cc1ccc2ccccc2c1)c1ccccc1. The first-order valence-electron chi connectivity index (χ1n) is 6.28. The molecule has 0 aliphatic rings. The summed E-state index contributed by atoms with van der Waals surface area (Å²) in [7, 11) is 2.27. The molecule has 3 rings (SSSR count). The van der Waals surface area contributed by atoms with Crippen molar-refractivity contribution in [3.63, 3.8) is 0 Å². The maximum absolute atomic E-state index is 2.27. The van der Waals surface area contributed by atoms with E-state index in [0.717, 1.165) is 6.32 Å². The van der Waals surface area contributed by atoms with Crippen LogP contribution >= 0.6 is 0 Å². The molecule has 0 atom stereocenters. The highest BCUT2D eigenvalue weighted by molar-refractivity contribution is 6.52. The summed E-state index contributed by atoms with van der Waals surface area (Å²) in [5.74, 6) is 0. The van der Waals surface area contributed by atoms with E-state index >= 15 is 0 Å². The van der Waals surface area contributed by atoms with E-state index in [4.69, 9.17) is 0 Å². The van der Waals surface area contributed by atoms with E-state index in [2.05, 4.69) is 74.0 Å². The summed E-state index contributed by atoms with van der Waals surface area (Å²) < 4.78 is 0. The third-order valence-electron chi connectivity index (χ3n) is 3.19. The van der Waals surface area contributed by atoms with Crippen LogP contribution in [0.15, 0.2) is 72.8 Å². The highest BCUT2D eigenvalue weighted by Gasteiger charge is 1.99. The first-order chi connectivity index (χ1) is 8.92. The van der Waals surface area contributed by atoms with Crippen molar-refractivity contribution in [3.8, 4) is 0 Å². The van der Waals surface area contributed by atoms with Gasteiger partial charge in [-0.1, -0.05) is 83.8 Å². The van der Waals surface area contributed by atoms with E-state index in [1.54, 1.807) is 0 Å². The highest BCUT2D eigenvalue weighted by atomic mass is 14.0. The molecule has 18 heavy (non-hydrogen) atoms. The van der Waals surface area contributed by atoms with Crippen LogP contribution in [0.2, 0.25) is 0 Å². The predicted octanol–water partition coefficient (Wildman–Crippen LogP) is 3.37. The average Bonchev–Trinajstić information content (AvgIpc) is 2.46. The molecule has 0 fully saturated rings. The van der Waals surface area contributed by atoms with Crippen LogP contribution in [-0.2, 0) is 6.32 Å². The quantitative estimate of drug-likeness (QED) is 0.604. The standard InChI is InChI=1S/C17H14B/c1-2-8-17(9-3-1)18-13-14-10-11-15-6-4-5-7-16(15)12-14/h1-12H,13H2. The highest BCUT2D eigenvalue weighted by Crippen LogP contribution is 2.15. The Morgan fingerprint density at radius 2 is 1.39 bits per heavy atom. The van der Waals surface area contributed by atoms with Crippen LogP contribution in [0.25, 0.3) is 10.8 Å². The van der Waals surface area contributed by atoms with E-state index in [9.17, 15) is 0 Å². The van der Waals surface area contributed by atoms with Crippen molar-refractivity contribution in [2.24, 2.45) is 0 Å². The van der Waals surface area contributed by atoms with Crippen LogP contribution in [0.4, 0.5) is 0 Å². The Balaban J connectivity index is 1.79. The van der Waals surface area contributed by atoms with Gasteiger partial charge in [0.2, 0.25) is 0 Å². The smallest absolute Gasteiger partial charge is 0.0874 e. The van der Waals surface area contributed by atoms with Crippen molar-refractivity contribution >= 4 is 23.5 Å². The molecule has 0 bridgehead atoms. The van der Waals surface area contributed by atoms with Crippen molar-refractivity contribution in [1.29, 1.82) is 0 Å². The summed E-state index contributed by atoms with van der Waals surface area (Å²) in [5, 5.41) is 2.62. The van der Waals surface area contributed by atoms with Crippen molar-refractivity contribution in [2.45, 2.75) is 6.32 Å². The minimum Gasteiger partial charge on any atom is -0.0874 e.